The number of amides is 4. The monoisotopic (exact) mass is 1190 g/mol. The predicted octanol–water partition coefficient (Wildman–Crippen LogP) is 11.9. The molecule has 4 aromatic carbocycles. The largest absolute Gasteiger partial charge is 0.354 e. The van der Waals surface area contributed by atoms with Crippen LogP contribution >= 0.6 is 0 Å². The number of aryl methyl sites for hydroxylation is 3. The molecule has 4 aromatic heterocycles. The van der Waals surface area contributed by atoms with E-state index in [1.807, 2.05) is 70.4 Å². The first-order valence-electron chi connectivity index (χ1n) is 31.7. The van der Waals surface area contributed by atoms with Crippen LogP contribution in [0.25, 0.3) is 22.3 Å². The molecule has 4 amide bonds. The molecule has 4 heterocycles. The second kappa shape index (κ2) is 30.3. The number of hydrogen-bond acceptors (Lipinski definition) is 4. The fourth-order valence-electron chi connectivity index (χ4n) is 12.1. The summed E-state index contributed by atoms with van der Waals surface area (Å²) in [6.07, 6.45) is 20.1. The molecule has 0 spiro atoms. The molecule has 462 valence electrons. The van der Waals surface area contributed by atoms with Crippen LogP contribution in [0.1, 0.15) is 160 Å². The van der Waals surface area contributed by atoms with Gasteiger partial charge in [0, 0.05) is 58.6 Å². The Morgan fingerprint density at radius 2 is 1.02 bits per heavy atom. The maximum atomic E-state index is 15.3. The van der Waals surface area contributed by atoms with E-state index in [2.05, 4.69) is 228 Å². The van der Waals surface area contributed by atoms with Crippen molar-refractivity contribution in [3.8, 4) is 22.3 Å². The van der Waals surface area contributed by atoms with Crippen molar-refractivity contribution >= 4 is 23.6 Å². The highest BCUT2D eigenvalue weighted by Gasteiger charge is 2.42. The number of rotatable bonds is 28. The summed E-state index contributed by atoms with van der Waals surface area (Å²) >= 11 is 0. The van der Waals surface area contributed by atoms with Gasteiger partial charge in [0.2, 0.25) is 11.8 Å². The van der Waals surface area contributed by atoms with Gasteiger partial charge in [-0.3, -0.25) is 19.2 Å². The van der Waals surface area contributed by atoms with Crippen LogP contribution in [0.15, 0.2) is 195 Å². The number of pyridine rings is 4. The summed E-state index contributed by atoms with van der Waals surface area (Å²) in [5.74, 6) is -0.349. The summed E-state index contributed by atoms with van der Waals surface area (Å²) in [6.45, 7) is 29.5. The lowest BCUT2D eigenvalue weighted by Crippen LogP contribution is -2.58. The molecule has 12 nitrogen and oxygen atoms in total. The van der Waals surface area contributed by atoms with E-state index >= 15 is 4.79 Å². The van der Waals surface area contributed by atoms with Crippen LogP contribution in [-0.2, 0) is 48.6 Å². The van der Waals surface area contributed by atoms with Gasteiger partial charge >= 0.3 is 0 Å². The van der Waals surface area contributed by atoms with Gasteiger partial charge in [0.25, 0.3) is 11.8 Å². The SMILES string of the molecule is C=C(C)C(=O)NCCCNC(=O)C(NC(=O)c1cc(-c2ccc[n+](Cc3ccccc3CCC(C)C)c2)c[n+](Cc2ccccc2CC)c1)C(C)(C)CC(C)(C)NC(=O)c1cc(-c2ccc[n+](Cc3ccccc3C(C)C)c2)c[n+](Cc2ccccc2C)c1. The van der Waals surface area contributed by atoms with Crippen LogP contribution < -0.4 is 39.5 Å². The molecule has 0 fully saturated rings. The lowest BCUT2D eigenvalue weighted by molar-refractivity contribution is -0.689. The van der Waals surface area contributed by atoms with Crippen molar-refractivity contribution in [2.45, 2.75) is 152 Å². The number of hydrogen-bond donors (Lipinski definition) is 4. The van der Waals surface area contributed by atoms with Crippen LogP contribution in [0, 0.1) is 18.3 Å². The average molecular weight is 1200 g/mol. The van der Waals surface area contributed by atoms with Gasteiger partial charge in [0.05, 0.1) is 22.3 Å². The minimum absolute atomic E-state index is 0.242. The molecule has 0 saturated heterocycles. The molecule has 0 saturated carbocycles. The third-order valence-corrected chi connectivity index (χ3v) is 16.7. The van der Waals surface area contributed by atoms with Crippen molar-refractivity contribution in [3.05, 3.63) is 251 Å². The van der Waals surface area contributed by atoms with Gasteiger partial charge in [-0.1, -0.05) is 152 Å². The molecule has 0 radical (unpaired) electrons. The molecule has 4 N–H and O–H groups in total. The molecular formula is C77H94N8O4+4. The average Bonchev–Trinajstić information content (AvgIpc) is 1.61. The maximum Gasteiger partial charge on any atom is 0.258 e. The number of benzene rings is 4. The molecule has 1 unspecified atom stereocenters. The Morgan fingerprint density at radius 3 is 1.60 bits per heavy atom. The number of carbonyl (C=O) groups is 4. The van der Waals surface area contributed by atoms with Gasteiger partial charge in [-0.15, -0.1) is 0 Å². The summed E-state index contributed by atoms with van der Waals surface area (Å²) in [5.41, 5.74) is 12.9. The van der Waals surface area contributed by atoms with E-state index in [9.17, 15) is 14.4 Å². The Kier molecular flexibility index (Phi) is 22.5. The van der Waals surface area contributed by atoms with E-state index in [0.717, 1.165) is 58.2 Å². The number of aromatic nitrogens is 4. The van der Waals surface area contributed by atoms with Crippen molar-refractivity contribution in [1.82, 2.24) is 21.3 Å². The van der Waals surface area contributed by atoms with Crippen molar-refractivity contribution < 1.29 is 37.4 Å². The van der Waals surface area contributed by atoms with Gasteiger partial charge in [0.15, 0.2) is 75.8 Å². The molecule has 89 heavy (non-hydrogen) atoms. The zero-order valence-electron chi connectivity index (χ0n) is 54.5. The lowest BCUT2D eigenvalue weighted by atomic mass is 9.74. The second-order valence-electron chi connectivity index (χ2n) is 26.2. The molecule has 0 aliphatic rings. The van der Waals surface area contributed by atoms with E-state index in [1.54, 1.807) is 6.92 Å². The van der Waals surface area contributed by atoms with E-state index in [0.29, 0.717) is 67.7 Å². The van der Waals surface area contributed by atoms with Crippen molar-refractivity contribution in [2.75, 3.05) is 13.1 Å². The lowest BCUT2D eigenvalue weighted by Gasteiger charge is -2.40. The second-order valence-corrected chi connectivity index (χ2v) is 26.2. The summed E-state index contributed by atoms with van der Waals surface area (Å²) in [7, 11) is 0. The van der Waals surface area contributed by atoms with Gasteiger partial charge in [-0.05, 0) is 124 Å². The highest BCUT2D eigenvalue weighted by molar-refractivity contribution is 5.98. The Hall–Kier alpha value is -8.90. The van der Waals surface area contributed by atoms with E-state index < -0.39 is 22.9 Å². The molecule has 0 aliphatic heterocycles. The van der Waals surface area contributed by atoms with Crippen molar-refractivity contribution in [2.24, 2.45) is 11.3 Å². The summed E-state index contributed by atoms with van der Waals surface area (Å²) in [6, 6.07) is 44.9. The first-order chi connectivity index (χ1) is 42.5. The van der Waals surface area contributed by atoms with Crippen LogP contribution in [0.5, 0.6) is 0 Å². The van der Waals surface area contributed by atoms with E-state index in [4.69, 9.17) is 0 Å². The molecule has 0 bridgehead atoms. The summed E-state index contributed by atoms with van der Waals surface area (Å²) in [4.78, 5) is 57.5. The molecule has 0 aliphatic carbocycles. The first-order valence-corrected chi connectivity index (χ1v) is 31.7. The Balaban J connectivity index is 1.10. The fourth-order valence-corrected chi connectivity index (χ4v) is 12.1. The summed E-state index contributed by atoms with van der Waals surface area (Å²) < 4.78 is 8.55. The van der Waals surface area contributed by atoms with Crippen LogP contribution in [0.4, 0.5) is 0 Å². The zero-order valence-corrected chi connectivity index (χ0v) is 54.5. The van der Waals surface area contributed by atoms with Crippen LogP contribution in [0.3, 0.4) is 0 Å². The predicted molar refractivity (Wildman–Crippen MR) is 355 cm³/mol. The van der Waals surface area contributed by atoms with E-state index in [-0.39, 0.29) is 30.7 Å². The van der Waals surface area contributed by atoms with Crippen LogP contribution in [0.2, 0.25) is 0 Å². The minimum Gasteiger partial charge on any atom is -0.354 e. The maximum absolute atomic E-state index is 15.3. The molecule has 8 aromatic rings. The highest BCUT2D eigenvalue weighted by atomic mass is 16.2. The smallest absolute Gasteiger partial charge is 0.258 e. The zero-order chi connectivity index (χ0) is 63.8. The Labute approximate surface area is 529 Å². The van der Waals surface area contributed by atoms with Crippen LogP contribution in [-0.4, -0.2) is 48.3 Å². The van der Waals surface area contributed by atoms with Gasteiger partial charge in [0.1, 0.15) is 17.2 Å². The molecular weight excluding hydrogens is 1100 g/mol. The molecule has 1 atom stereocenters. The third kappa shape index (κ3) is 18.6. The fraction of sp³-hybridized carbons (Fsp3) is 0.351. The Bertz CT molecular complexity index is 3810. The number of nitrogens with one attached hydrogen (secondary N) is 4. The van der Waals surface area contributed by atoms with Gasteiger partial charge in [-0.25, -0.2) is 9.13 Å². The summed E-state index contributed by atoms with van der Waals surface area (Å²) in [5, 5.41) is 12.5. The topological polar surface area (TPSA) is 132 Å². The normalized spacial score (nSPS) is 12.0. The number of carbonyl (C=O) groups excluding carboxylic acids is 4. The van der Waals surface area contributed by atoms with Gasteiger partial charge < -0.3 is 21.3 Å². The Morgan fingerprint density at radius 1 is 0.539 bits per heavy atom. The molecule has 12 heteroatoms. The van der Waals surface area contributed by atoms with Crippen molar-refractivity contribution in [3.63, 3.8) is 0 Å². The van der Waals surface area contributed by atoms with Crippen molar-refractivity contribution in [1.29, 1.82) is 0 Å². The third-order valence-electron chi connectivity index (χ3n) is 16.7. The first kappa shape index (κ1) is 66.1. The quantitative estimate of drug-likeness (QED) is 0.0221. The highest BCUT2D eigenvalue weighted by Crippen LogP contribution is 2.33. The minimum atomic E-state index is -1.07. The number of nitrogens with zero attached hydrogens (tertiary/aromatic N) is 4. The molecule has 8 rings (SSSR count). The van der Waals surface area contributed by atoms with E-state index in [1.165, 1.54) is 27.8 Å². The van der Waals surface area contributed by atoms with Gasteiger partial charge in [-0.2, -0.15) is 9.13 Å². The standard InChI is InChI=1S/C77H90N8O4/c1-13-58-26-16-18-29-61(58)47-85-50-66(63-32-22-39-82(45-63)44-62-30-19-17-27-59(62)36-35-54(2)3)41-68(51-85)73(87)80-71(75(89)79-38-24-37-78-72(86)56(6)7)76(9,10)53-77(11,12)81-74(88)69-42-67(49-84(52-69)43-60-28-15-14-25-57(60)8)64-33-23-40-83(46-64)48-65-31-20-21-34-70(65)55(4)5/h14-23,25-34,39-42,45-46,49-52,54-55,71H,6,13,24,35-38,43-44,47-48,53H2,1-5,7-12H3/p+4.